The summed E-state index contributed by atoms with van der Waals surface area (Å²) in [6.45, 7) is 5.36. The van der Waals surface area contributed by atoms with Gasteiger partial charge in [0.15, 0.2) is 0 Å². The zero-order chi connectivity index (χ0) is 26.1. The minimum absolute atomic E-state index is 0.236. The van der Waals surface area contributed by atoms with Crippen LogP contribution in [0.25, 0.3) is 28.0 Å². The van der Waals surface area contributed by atoms with Gasteiger partial charge in [0.2, 0.25) is 0 Å². The highest BCUT2D eigenvalue weighted by atomic mass is 19.1. The van der Waals surface area contributed by atoms with E-state index < -0.39 is 5.82 Å². The number of H-pyrrole nitrogens is 1. The zero-order valence-electron chi connectivity index (χ0n) is 21.0. The van der Waals surface area contributed by atoms with Gasteiger partial charge >= 0.3 is 0 Å². The van der Waals surface area contributed by atoms with E-state index in [1.807, 2.05) is 12.1 Å². The predicted molar refractivity (Wildman–Crippen MR) is 143 cm³/mol. The number of aromatic amines is 1. The monoisotopic (exact) mass is 502 g/mol. The van der Waals surface area contributed by atoms with Crippen molar-refractivity contribution < 1.29 is 4.39 Å². The molecule has 0 saturated heterocycles. The van der Waals surface area contributed by atoms with Crippen molar-refractivity contribution in [2.75, 3.05) is 11.6 Å². The van der Waals surface area contributed by atoms with Crippen molar-refractivity contribution in [1.82, 2.24) is 24.8 Å². The first-order valence-corrected chi connectivity index (χ1v) is 12.4. The minimum atomic E-state index is -0.419. The summed E-state index contributed by atoms with van der Waals surface area (Å²) in [6, 6.07) is 10.1. The molecule has 0 spiro atoms. The second-order valence-electron chi connectivity index (χ2n) is 9.40. The maximum atomic E-state index is 14.2. The van der Waals surface area contributed by atoms with Gasteiger partial charge in [0.25, 0.3) is 5.56 Å². The number of halogens is 1. The number of hydrogen-bond donors (Lipinski definition) is 4. The van der Waals surface area contributed by atoms with Crippen LogP contribution in [0, 0.1) is 5.82 Å². The Morgan fingerprint density at radius 1 is 1.30 bits per heavy atom. The lowest BCUT2D eigenvalue weighted by Crippen LogP contribution is -2.30. The SMILES string of the molecule is CCCNCc1cc2ncn(-c3cc(-c4ccc(F)cc4N(N)/C(C)=C\N)cc(C4CC4)n3)c(=O)c2[nH]1. The third kappa shape index (κ3) is 4.98. The summed E-state index contributed by atoms with van der Waals surface area (Å²) in [5, 5.41) is 4.68. The molecule has 1 saturated carbocycles. The summed E-state index contributed by atoms with van der Waals surface area (Å²) in [6.07, 6.45) is 5.95. The summed E-state index contributed by atoms with van der Waals surface area (Å²) in [4.78, 5) is 26.0. The number of nitrogens with two attached hydrogens (primary N) is 2. The first-order valence-electron chi connectivity index (χ1n) is 12.4. The highest BCUT2D eigenvalue weighted by Crippen LogP contribution is 2.42. The molecule has 1 fully saturated rings. The highest BCUT2D eigenvalue weighted by Gasteiger charge is 2.27. The van der Waals surface area contributed by atoms with Gasteiger partial charge in [-0.25, -0.2) is 24.8 Å². The van der Waals surface area contributed by atoms with Gasteiger partial charge < -0.3 is 16.0 Å². The third-order valence-corrected chi connectivity index (χ3v) is 6.57. The van der Waals surface area contributed by atoms with Crippen LogP contribution in [0.1, 0.15) is 50.4 Å². The molecule has 9 nitrogen and oxygen atoms in total. The molecular weight excluding hydrogens is 471 g/mol. The van der Waals surface area contributed by atoms with Crippen molar-refractivity contribution >= 4 is 16.7 Å². The fourth-order valence-corrected chi connectivity index (χ4v) is 4.34. The molecule has 4 aromatic rings. The molecule has 5 rings (SSSR count). The van der Waals surface area contributed by atoms with Crippen LogP contribution in [-0.2, 0) is 6.54 Å². The van der Waals surface area contributed by atoms with E-state index >= 15 is 0 Å². The molecule has 0 atom stereocenters. The number of rotatable bonds is 9. The predicted octanol–water partition coefficient (Wildman–Crippen LogP) is 3.79. The van der Waals surface area contributed by atoms with Gasteiger partial charge in [0.1, 0.15) is 23.5 Å². The Kier molecular flexibility index (Phi) is 6.77. The van der Waals surface area contributed by atoms with Gasteiger partial charge in [-0.3, -0.25) is 9.80 Å². The standard InChI is InChI=1S/C27H31FN8O/c1-3-8-31-14-20-12-23-26(33-20)27(37)35(15-32-23)25-10-18(9-22(34-25)17-4-5-17)21-7-6-19(28)11-24(21)36(30)16(2)13-29/h6-7,9-13,15,17,31,33H,3-5,8,14,29-30H2,1-2H3/b16-13-. The first-order chi connectivity index (χ1) is 17.9. The van der Waals surface area contributed by atoms with Crippen molar-refractivity contribution in [3.63, 3.8) is 0 Å². The summed E-state index contributed by atoms with van der Waals surface area (Å²) in [5.74, 6) is 6.62. The Labute approximate surface area is 214 Å². The second kappa shape index (κ2) is 10.2. The van der Waals surface area contributed by atoms with E-state index in [2.05, 4.69) is 22.2 Å². The molecule has 3 heterocycles. The van der Waals surface area contributed by atoms with Gasteiger partial charge in [-0.1, -0.05) is 6.92 Å². The second-order valence-corrected chi connectivity index (χ2v) is 9.40. The van der Waals surface area contributed by atoms with Gasteiger partial charge in [0, 0.05) is 41.3 Å². The van der Waals surface area contributed by atoms with Gasteiger partial charge in [-0.2, -0.15) is 0 Å². The molecule has 10 heteroatoms. The molecule has 1 aliphatic carbocycles. The van der Waals surface area contributed by atoms with E-state index in [4.69, 9.17) is 16.6 Å². The Balaban J connectivity index is 1.62. The number of hydrazine groups is 1. The fourth-order valence-electron chi connectivity index (χ4n) is 4.34. The number of nitrogens with zero attached hydrogens (tertiary/aromatic N) is 4. The number of fused-ring (bicyclic) bond motifs is 1. The number of anilines is 1. The molecule has 37 heavy (non-hydrogen) atoms. The Bertz CT molecular complexity index is 1540. The quantitative estimate of drug-likeness (QED) is 0.156. The molecule has 0 amide bonds. The minimum Gasteiger partial charge on any atom is -0.403 e. The van der Waals surface area contributed by atoms with Crippen LogP contribution in [0.3, 0.4) is 0 Å². The fraction of sp³-hybridized carbons (Fsp3) is 0.296. The van der Waals surface area contributed by atoms with Crippen LogP contribution in [-0.4, -0.2) is 26.1 Å². The molecule has 0 aliphatic heterocycles. The van der Waals surface area contributed by atoms with Crippen molar-refractivity contribution in [2.45, 2.75) is 45.6 Å². The van der Waals surface area contributed by atoms with Crippen molar-refractivity contribution in [3.8, 4) is 16.9 Å². The number of aromatic nitrogens is 4. The highest BCUT2D eigenvalue weighted by molar-refractivity contribution is 5.81. The van der Waals surface area contributed by atoms with Crippen LogP contribution in [0.15, 0.2) is 59.4 Å². The molecule has 1 aliphatic rings. The van der Waals surface area contributed by atoms with E-state index in [1.165, 1.54) is 34.2 Å². The van der Waals surface area contributed by atoms with E-state index in [0.717, 1.165) is 42.8 Å². The Morgan fingerprint density at radius 2 is 2.11 bits per heavy atom. The lowest BCUT2D eigenvalue weighted by molar-refractivity contribution is 0.627. The molecular formula is C27H31FN8O. The van der Waals surface area contributed by atoms with Crippen LogP contribution in [0.2, 0.25) is 0 Å². The normalized spacial score (nSPS) is 13.9. The van der Waals surface area contributed by atoms with Crippen LogP contribution in [0.4, 0.5) is 10.1 Å². The van der Waals surface area contributed by atoms with Crippen molar-refractivity contribution in [3.05, 3.63) is 82.2 Å². The number of allylic oxidation sites excluding steroid dienone is 1. The van der Waals surface area contributed by atoms with Gasteiger partial charge in [0.05, 0.1) is 11.2 Å². The van der Waals surface area contributed by atoms with Gasteiger partial charge in [-0.15, -0.1) is 0 Å². The van der Waals surface area contributed by atoms with Crippen LogP contribution >= 0.6 is 0 Å². The number of benzene rings is 1. The number of pyridine rings is 1. The Morgan fingerprint density at radius 3 is 2.84 bits per heavy atom. The summed E-state index contributed by atoms with van der Waals surface area (Å²) in [7, 11) is 0. The lowest BCUT2D eigenvalue weighted by atomic mass is 10.0. The summed E-state index contributed by atoms with van der Waals surface area (Å²) in [5.41, 5.74) is 10.7. The molecule has 0 radical (unpaired) electrons. The summed E-state index contributed by atoms with van der Waals surface area (Å²) < 4.78 is 15.7. The smallest absolute Gasteiger partial charge is 0.283 e. The maximum Gasteiger partial charge on any atom is 0.283 e. The van der Waals surface area contributed by atoms with Crippen molar-refractivity contribution in [2.24, 2.45) is 11.6 Å². The largest absolute Gasteiger partial charge is 0.403 e. The molecule has 3 aromatic heterocycles. The molecule has 0 unspecified atom stereocenters. The van der Waals surface area contributed by atoms with Crippen LogP contribution in [0.5, 0.6) is 0 Å². The summed E-state index contributed by atoms with van der Waals surface area (Å²) >= 11 is 0. The van der Waals surface area contributed by atoms with Crippen LogP contribution < -0.4 is 27.5 Å². The maximum absolute atomic E-state index is 14.2. The number of hydrogen-bond acceptors (Lipinski definition) is 7. The van der Waals surface area contributed by atoms with E-state index in [9.17, 15) is 9.18 Å². The van der Waals surface area contributed by atoms with Gasteiger partial charge in [-0.05, 0) is 74.7 Å². The average Bonchev–Trinajstić information content (AvgIpc) is 3.67. The average molecular weight is 503 g/mol. The zero-order valence-corrected chi connectivity index (χ0v) is 21.0. The first kappa shape index (κ1) is 24.7. The van der Waals surface area contributed by atoms with E-state index in [0.29, 0.717) is 46.3 Å². The van der Waals surface area contributed by atoms with Crippen molar-refractivity contribution in [1.29, 1.82) is 0 Å². The molecule has 192 valence electrons. The number of nitrogens with one attached hydrogen (secondary N) is 2. The topological polar surface area (TPSA) is 131 Å². The Hall–Kier alpha value is -4.02. The molecule has 1 aromatic carbocycles. The molecule has 6 N–H and O–H groups in total. The van der Waals surface area contributed by atoms with E-state index in [-0.39, 0.29) is 5.56 Å². The molecule has 0 bridgehead atoms. The van der Waals surface area contributed by atoms with E-state index in [1.54, 1.807) is 19.1 Å². The lowest BCUT2D eigenvalue weighted by Gasteiger charge is -2.23. The third-order valence-electron chi connectivity index (χ3n) is 6.57.